The number of nitrogens with zero attached hydrogens (tertiary/aromatic N) is 4. The number of rotatable bonds is 13. The molecule has 257 valence electrons. The molecule has 12 heteroatoms. The third kappa shape index (κ3) is 10.5. The van der Waals surface area contributed by atoms with Crippen molar-refractivity contribution >= 4 is 92.8 Å². The van der Waals surface area contributed by atoms with Crippen LogP contribution in [0.2, 0.25) is 0 Å². The van der Waals surface area contributed by atoms with Gasteiger partial charge in [0.15, 0.2) is 6.35 Å². The van der Waals surface area contributed by atoms with Crippen LogP contribution in [0.4, 0.5) is 0 Å². The van der Waals surface area contributed by atoms with Crippen LogP contribution in [-0.4, -0.2) is 48.3 Å². The fourth-order valence-electron chi connectivity index (χ4n) is 5.11. The van der Waals surface area contributed by atoms with E-state index in [4.69, 9.17) is 30.0 Å². The fourth-order valence-corrected chi connectivity index (χ4v) is 9.44. The van der Waals surface area contributed by atoms with Gasteiger partial charge in [0.05, 0.1) is 6.61 Å². The molecule has 0 aliphatic rings. The van der Waals surface area contributed by atoms with Crippen LogP contribution >= 0.6 is 29.9 Å². The first-order valence-corrected chi connectivity index (χ1v) is 19.4. The molecular weight excluding hydrogens is 842 g/mol. The van der Waals surface area contributed by atoms with Crippen molar-refractivity contribution in [2.75, 3.05) is 26.5 Å². The van der Waals surface area contributed by atoms with Gasteiger partial charge in [0, 0.05) is 28.3 Å². The van der Waals surface area contributed by atoms with Crippen LogP contribution in [0.5, 0.6) is 0 Å². The molecule has 0 unspecified atom stereocenters. The Morgan fingerprint density at radius 3 is 1.48 bits per heavy atom. The average Bonchev–Trinajstić information content (AvgIpc) is 3.16. The summed E-state index contributed by atoms with van der Waals surface area (Å²) in [4.78, 5) is 0. The topological polar surface area (TPSA) is 82.7 Å². The van der Waals surface area contributed by atoms with Gasteiger partial charge in [-0.15, -0.1) is 10.2 Å². The van der Waals surface area contributed by atoms with Gasteiger partial charge < -0.3 is 40.6 Å². The van der Waals surface area contributed by atoms with Gasteiger partial charge in [-0.25, -0.2) is 0 Å². The minimum Gasteiger partial charge on any atom is -0.741 e. The summed E-state index contributed by atoms with van der Waals surface area (Å²) in [7, 11) is -0.399. The van der Waals surface area contributed by atoms with Gasteiger partial charge in [-0.1, -0.05) is 97.1 Å². The molecule has 5 rings (SSSR count). The first-order valence-electron chi connectivity index (χ1n) is 15.5. The van der Waals surface area contributed by atoms with E-state index in [1.807, 2.05) is 54.6 Å². The maximum absolute atomic E-state index is 6.48. The summed E-state index contributed by atoms with van der Waals surface area (Å²) in [5.74, 6) is 0. The minimum absolute atomic E-state index is 0. The average molecular weight is 877 g/mol. The molecule has 0 atom stereocenters. The largest absolute Gasteiger partial charge is 2.00 e. The van der Waals surface area contributed by atoms with Crippen molar-refractivity contribution < 1.29 is 21.8 Å². The van der Waals surface area contributed by atoms with Gasteiger partial charge in [0.25, 0.3) is 0 Å². The smallest absolute Gasteiger partial charge is 0.741 e. The maximum atomic E-state index is 6.48. The number of halogens is 1. The van der Waals surface area contributed by atoms with E-state index in [0.29, 0.717) is 30.9 Å². The Morgan fingerprint density at radius 1 is 0.600 bits per heavy atom. The summed E-state index contributed by atoms with van der Waals surface area (Å²) in [5, 5.41) is 28.0. The number of amidine groups is 2. The van der Waals surface area contributed by atoms with Crippen LogP contribution in [0.25, 0.3) is 0 Å². The molecule has 5 aromatic rings. The molecule has 5 aromatic carbocycles. The normalized spacial score (nSPS) is 12.6. The molecule has 7 nitrogen and oxygen atoms in total. The van der Waals surface area contributed by atoms with E-state index >= 15 is 0 Å². The second-order valence-electron chi connectivity index (χ2n) is 10.6. The van der Waals surface area contributed by atoms with Crippen LogP contribution in [0, 0.1) is 3.57 Å². The fraction of sp³-hybridized carbons (Fsp3) is 0.105. The molecule has 0 amide bonds. The minimum atomic E-state index is -2.10. The van der Waals surface area contributed by atoms with Crippen molar-refractivity contribution in [1.29, 1.82) is 0 Å². The first kappa shape index (κ1) is 39.2. The van der Waals surface area contributed by atoms with E-state index < -0.39 is 7.26 Å². The quantitative estimate of drug-likeness (QED) is 0.0223. The number of benzene rings is 5. The molecule has 0 aromatic heterocycles. The predicted molar refractivity (Wildman–Crippen MR) is 221 cm³/mol. The van der Waals surface area contributed by atoms with Gasteiger partial charge in [-0.3, -0.25) is 0 Å². The van der Waals surface area contributed by atoms with Gasteiger partial charge in [0.2, 0.25) is 0 Å². The summed E-state index contributed by atoms with van der Waals surface area (Å²) in [5.41, 5.74) is 2.64. The molecule has 50 heavy (non-hydrogen) atoms. The molecule has 0 spiro atoms. The van der Waals surface area contributed by atoms with Gasteiger partial charge in [-0.2, -0.15) is 10.2 Å². The molecular formula is C38H35CuIN6OPS2+. The Hall–Kier alpha value is -3.54. The van der Waals surface area contributed by atoms with Crippen molar-refractivity contribution in [2.45, 2.75) is 0 Å². The maximum Gasteiger partial charge on any atom is 2.00 e. The predicted octanol–water partition coefficient (Wildman–Crippen LogP) is 5.98. The monoisotopic (exact) mass is 876 g/mol. The van der Waals surface area contributed by atoms with Crippen LogP contribution in [-0.2, 0) is 47.1 Å². The second-order valence-corrected chi connectivity index (χ2v) is 16.1. The first-order chi connectivity index (χ1) is 24.0. The van der Waals surface area contributed by atoms with Crippen molar-refractivity contribution in [1.82, 2.24) is 10.6 Å². The summed E-state index contributed by atoms with van der Waals surface area (Å²) in [6, 6.07) is 49.6. The Balaban J connectivity index is 0.00000562. The summed E-state index contributed by atoms with van der Waals surface area (Å²) >= 11 is 13.1. The summed E-state index contributed by atoms with van der Waals surface area (Å²) in [6.45, 7) is 0.885. The van der Waals surface area contributed by atoms with Crippen LogP contribution < -0.4 is 26.5 Å². The van der Waals surface area contributed by atoms with E-state index in [1.54, 1.807) is 7.05 Å². The SMILES string of the molecule is CN/C([S-])=N/N=C(/C(=N/N=C(\[S-])NCCOC[P+](c1ccccc1)(c1ccccc1)c1ccccc1)c1ccccc1)c1ccc(I)cc1.[Cu+2]. The standard InChI is InChI=1S/C38H36IN6OPS2.Cu/c1-40-37(48)44-42-36(30-22-24-31(39)25-23-30)35(29-14-6-2-7-15-29)43-45-38(49)41-26-27-46-28-47(32-16-8-3-9-17-32,33-18-10-4-11-19-33)34-20-12-5-13-21-34;/h2-25H,26-28H2,1H3,(H3-,40,41,42,43,44,45,48,49);/q;+2/p-1. The second kappa shape index (κ2) is 20.3. The van der Waals surface area contributed by atoms with Crippen LogP contribution in [0.3, 0.4) is 0 Å². The third-order valence-electron chi connectivity index (χ3n) is 7.48. The van der Waals surface area contributed by atoms with Crippen LogP contribution in [0.1, 0.15) is 11.1 Å². The van der Waals surface area contributed by atoms with Crippen molar-refractivity contribution in [3.05, 3.63) is 160 Å². The number of hydrogen-bond acceptors (Lipinski definition) is 7. The van der Waals surface area contributed by atoms with Crippen LogP contribution in [0.15, 0.2) is 166 Å². The van der Waals surface area contributed by atoms with E-state index in [9.17, 15) is 0 Å². The van der Waals surface area contributed by atoms with Crippen molar-refractivity contribution in [2.24, 2.45) is 20.4 Å². The number of nitrogens with one attached hydrogen (secondary N) is 2. The zero-order chi connectivity index (χ0) is 34.3. The molecule has 0 bridgehead atoms. The molecule has 0 saturated carbocycles. The number of ether oxygens (including phenoxy) is 1. The van der Waals surface area contributed by atoms with Gasteiger partial charge in [0.1, 0.15) is 34.6 Å². The molecule has 2 N–H and O–H groups in total. The van der Waals surface area contributed by atoms with E-state index in [2.05, 4.69) is 145 Å². The number of hydrogen-bond donors (Lipinski definition) is 2. The Bertz CT molecular complexity index is 1800. The van der Waals surface area contributed by atoms with E-state index in [1.165, 1.54) is 15.9 Å². The van der Waals surface area contributed by atoms with Gasteiger partial charge in [-0.05, 0) is 81.5 Å². The van der Waals surface area contributed by atoms with E-state index in [-0.39, 0.29) is 27.4 Å². The van der Waals surface area contributed by atoms with Crippen molar-refractivity contribution in [3.63, 3.8) is 0 Å². The zero-order valence-electron chi connectivity index (χ0n) is 27.1. The third-order valence-corrected chi connectivity index (χ3v) is 12.8. The van der Waals surface area contributed by atoms with Gasteiger partial charge >= 0.3 is 17.1 Å². The molecule has 0 fully saturated rings. The van der Waals surface area contributed by atoms with E-state index in [0.717, 1.165) is 14.7 Å². The molecule has 0 heterocycles. The Labute approximate surface area is 330 Å². The van der Waals surface area contributed by atoms with Crippen molar-refractivity contribution in [3.8, 4) is 0 Å². The molecule has 0 saturated heterocycles. The molecule has 0 aliphatic carbocycles. The Morgan fingerprint density at radius 2 is 1.02 bits per heavy atom. The zero-order valence-corrected chi connectivity index (χ0v) is 32.7. The molecule has 1 radical (unpaired) electrons. The summed E-state index contributed by atoms with van der Waals surface area (Å²) in [6.07, 6.45) is 0.542. The molecule has 0 aliphatic heterocycles. The Kier molecular flexibility index (Phi) is 16.0. The summed E-state index contributed by atoms with van der Waals surface area (Å²) < 4.78 is 7.57.